The zero-order valence-electron chi connectivity index (χ0n) is 14.8. The Morgan fingerprint density at radius 3 is 2.13 bits per heavy atom. The van der Waals surface area contributed by atoms with Gasteiger partial charge in [0.1, 0.15) is 5.52 Å². The van der Waals surface area contributed by atoms with Gasteiger partial charge in [-0.15, -0.1) is 0 Å². The minimum atomic E-state index is -5.08. The highest BCUT2D eigenvalue weighted by molar-refractivity contribution is 6.06. The first-order valence-electron chi connectivity index (χ1n) is 8.54. The Morgan fingerprint density at radius 2 is 1.50 bits per heavy atom. The van der Waals surface area contributed by atoms with E-state index >= 15 is 0 Å². The van der Waals surface area contributed by atoms with Crippen molar-refractivity contribution in [2.24, 2.45) is 0 Å². The number of nitrogens with zero attached hydrogens (tertiary/aromatic N) is 3. The maximum Gasteiger partial charge on any atom is 0.434 e. The van der Waals surface area contributed by atoms with E-state index in [0.29, 0.717) is 11.6 Å². The maximum absolute atomic E-state index is 13.8. The zero-order chi connectivity index (χ0) is 21.7. The van der Waals surface area contributed by atoms with Gasteiger partial charge in [0, 0.05) is 22.5 Å². The summed E-state index contributed by atoms with van der Waals surface area (Å²) in [6, 6.07) is 11.1. The Balaban J connectivity index is 2.15. The summed E-state index contributed by atoms with van der Waals surface area (Å²) in [5, 5.41) is 8.94. The normalized spacial score (nSPS) is 13.7. The zero-order valence-corrected chi connectivity index (χ0v) is 14.8. The van der Waals surface area contributed by atoms with Crippen molar-refractivity contribution in [1.29, 1.82) is 0 Å². The van der Waals surface area contributed by atoms with E-state index in [1.165, 1.54) is 30.5 Å². The van der Waals surface area contributed by atoms with Gasteiger partial charge >= 0.3 is 12.4 Å². The molecule has 0 saturated carbocycles. The number of aliphatic hydroxyl groups excluding tert-OH is 1. The molecule has 1 atom stereocenters. The van der Waals surface area contributed by atoms with Crippen molar-refractivity contribution in [3.63, 3.8) is 0 Å². The number of hydrogen-bond acceptors (Lipinski definition) is 4. The summed E-state index contributed by atoms with van der Waals surface area (Å²) in [5.74, 6) is -0.244. The van der Waals surface area contributed by atoms with Gasteiger partial charge in [0.25, 0.3) is 0 Å². The van der Waals surface area contributed by atoms with Gasteiger partial charge in [-0.1, -0.05) is 36.4 Å². The highest BCUT2D eigenvalue weighted by Gasteiger charge is 2.42. The average molecular weight is 423 g/mol. The highest BCUT2D eigenvalue weighted by Crippen LogP contribution is 2.41. The smallest absolute Gasteiger partial charge is 0.379 e. The molecule has 2 aromatic heterocycles. The first kappa shape index (κ1) is 20.0. The van der Waals surface area contributed by atoms with Gasteiger partial charge in [-0.2, -0.15) is 26.3 Å². The van der Waals surface area contributed by atoms with Gasteiger partial charge < -0.3 is 5.11 Å². The lowest BCUT2D eigenvalue weighted by atomic mass is 9.98. The number of halogens is 6. The van der Waals surface area contributed by atoms with Crippen LogP contribution in [0, 0.1) is 0 Å². The average Bonchev–Trinajstić information content (AvgIpc) is 2.71. The van der Waals surface area contributed by atoms with Crippen LogP contribution in [0.3, 0.4) is 0 Å². The largest absolute Gasteiger partial charge is 0.434 e. The summed E-state index contributed by atoms with van der Waals surface area (Å²) in [6.45, 7) is 0. The van der Waals surface area contributed by atoms with Crippen LogP contribution in [-0.2, 0) is 6.18 Å². The molecule has 1 unspecified atom stereocenters. The predicted octanol–water partition coefficient (Wildman–Crippen LogP) is 5.46. The van der Waals surface area contributed by atoms with Crippen LogP contribution >= 0.6 is 0 Å². The van der Waals surface area contributed by atoms with Crippen LogP contribution in [-0.4, -0.2) is 26.2 Å². The van der Waals surface area contributed by atoms with E-state index < -0.39 is 35.1 Å². The van der Waals surface area contributed by atoms with Crippen molar-refractivity contribution in [3.8, 4) is 11.4 Å². The van der Waals surface area contributed by atoms with Crippen molar-refractivity contribution >= 4 is 21.8 Å². The monoisotopic (exact) mass is 423 g/mol. The lowest BCUT2D eigenvalue weighted by molar-refractivity contribution is -0.206. The summed E-state index contributed by atoms with van der Waals surface area (Å²) < 4.78 is 80.8. The number of alkyl halides is 6. The van der Waals surface area contributed by atoms with Crippen LogP contribution < -0.4 is 0 Å². The second-order valence-electron chi connectivity index (χ2n) is 6.47. The number of benzene rings is 2. The molecule has 0 aliphatic carbocycles. The molecular formula is C20H11F6N3O. The van der Waals surface area contributed by atoms with E-state index in [2.05, 4.69) is 15.0 Å². The van der Waals surface area contributed by atoms with Crippen molar-refractivity contribution in [1.82, 2.24) is 15.0 Å². The standard InChI is InChI=1S/C20H11F6N3O/c21-19(22,23)16-13-9-12(17(30)20(24,25)26)11-7-4-8-27-14(11)15(13)28-18(29-16)10-5-2-1-3-6-10/h1-9,17,30H. The van der Waals surface area contributed by atoms with Crippen molar-refractivity contribution in [3.05, 3.63) is 66.0 Å². The van der Waals surface area contributed by atoms with Crippen LogP contribution in [0.4, 0.5) is 26.3 Å². The molecule has 0 amide bonds. The molecule has 0 aliphatic heterocycles. The molecule has 0 aliphatic rings. The first-order chi connectivity index (χ1) is 14.1. The van der Waals surface area contributed by atoms with E-state index in [-0.39, 0.29) is 22.2 Å². The van der Waals surface area contributed by atoms with Gasteiger partial charge in [0.15, 0.2) is 17.6 Å². The van der Waals surface area contributed by atoms with Gasteiger partial charge in [-0.05, 0) is 17.7 Å². The molecule has 0 spiro atoms. The van der Waals surface area contributed by atoms with E-state index in [1.807, 2.05) is 0 Å². The van der Waals surface area contributed by atoms with Crippen LogP contribution in [0.25, 0.3) is 33.2 Å². The quantitative estimate of drug-likeness (QED) is 0.344. The van der Waals surface area contributed by atoms with Gasteiger partial charge in [-0.3, -0.25) is 4.98 Å². The first-order valence-corrected chi connectivity index (χ1v) is 8.54. The van der Waals surface area contributed by atoms with Crippen LogP contribution in [0.15, 0.2) is 54.7 Å². The van der Waals surface area contributed by atoms with Crippen molar-refractivity contribution in [2.45, 2.75) is 18.5 Å². The molecule has 10 heteroatoms. The number of pyridine rings is 1. The van der Waals surface area contributed by atoms with Crippen LogP contribution in [0.2, 0.25) is 0 Å². The second kappa shape index (κ2) is 6.91. The summed E-state index contributed by atoms with van der Waals surface area (Å²) in [6.07, 6.45) is -11.8. The molecular weight excluding hydrogens is 412 g/mol. The Labute approximate surface area is 164 Å². The Bertz CT molecular complexity index is 1240. The fourth-order valence-electron chi connectivity index (χ4n) is 3.18. The molecule has 4 nitrogen and oxygen atoms in total. The minimum absolute atomic E-state index is 0.152. The number of rotatable bonds is 2. The van der Waals surface area contributed by atoms with E-state index in [0.717, 1.165) is 0 Å². The van der Waals surface area contributed by atoms with E-state index in [9.17, 15) is 31.4 Å². The third-order valence-electron chi connectivity index (χ3n) is 4.49. The highest BCUT2D eigenvalue weighted by atomic mass is 19.4. The van der Waals surface area contributed by atoms with Crippen LogP contribution in [0.1, 0.15) is 17.4 Å². The Hall–Kier alpha value is -3.27. The maximum atomic E-state index is 13.8. The topological polar surface area (TPSA) is 58.9 Å². The van der Waals surface area contributed by atoms with E-state index in [1.54, 1.807) is 18.2 Å². The number of aromatic nitrogens is 3. The van der Waals surface area contributed by atoms with Gasteiger partial charge in [0.2, 0.25) is 0 Å². The fourth-order valence-corrected chi connectivity index (χ4v) is 3.18. The van der Waals surface area contributed by atoms with Crippen molar-refractivity contribution in [2.75, 3.05) is 0 Å². The molecule has 0 fully saturated rings. The van der Waals surface area contributed by atoms with Gasteiger partial charge in [0.05, 0.1) is 5.52 Å². The molecule has 30 heavy (non-hydrogen) atoms. The summed E-state index contributed by atoms with van der Waals surface area (Å²) in [5.41, 5.74) is -2.31. The molecule has 4 aromatic rings. The van der Waals surface area contributed by atoms with Crippen LogP contribution in [0.5, 0.6) is 0 Å². The summed E-state index contributed by atoms with van der Waals surface area (Å²) in [4.78, 5) is 11.7. The fraction of sp³-hybridized carbons (Fsp3) is 0.150. The Morgan fingerprint density at radius 1 is 0.800 bits per heavy atom. The minimum Gasteiger partial charge on any atom is -0.379 e. The molecule has 0 bridgehead atoms. The van der Waals surface area contributed by atoms with E-state index in [4.69, 9.17) is 0 Å². The molecule has 2 heterocycles. The SMILES string of the molecule is OC(c1cc2c(C(F)(F)F)nc(-c3ccccc3)nc2c2ncccc12)C(F)(F)F. The number of fused-ring (bicyclic) bond motifs is 3. The lowest BCUT2D eigenvalue weighted by Crippen LogP contribution is -2.21. The molecule has 154 valence electrons. The molecule has 2 aromatic carbocycles. The Kier molecular flexibility index (Phi) is 4.61. The molecule has 0 saturated heterocycles. The third kappa shape index (κ3) is 3.43. The molecule has 0 radical (unpaired) electrons. The third-order valence-corrected chi connectivity index (χ3v) is 4.49. The predicted molar refractivity (Wildman–Crippen MR) is 96.3 cm³/mol. The summed E-state index contributed by atoms with van der Waals surface area (Å²) >= 11 is 0. The molecule has 1 N–H and O–H groups in total. The van der Waals surface area contributed by atoms with Crippen molar-refractivity contribution < 1.29 is 31.4 Å². The molecule has 4 rings (SSSR count). The number of aliphatic hydroxyl groups is 1. The number of hydrogen-bond donors (Lipinski definition) is 1. The summed E-state index contributed by atoms with van der Waals surface area (Å²) in [7, 11) is 0. The lowest BCUT2D eigenvalue weighted by Gasteiger charge is -2.19. The van der Waals surface area contributed by atoms with Gasteiger partial charge in [-0.25, -0.2) is 9.97 Å². The second-order valence-corrected chi connectivity index (χ2v) is 6.47.